The highest BCUT2D eigenvalue weighted by molar-refractivity contribution is 9.10. The molecule has 7 heteroatoms. The summed E-state index contributed by atoms with van der Waals surface area (Å²) in [4.78, 5) is 10.2. The first kappa shape index (κ1) is 15.7. The van der Waals surface area contributed by atoms with Crippen LogP contribution in [0.1, 0.15) is 23.7 Å². The van der Waals surface area contributed by atoms with E-state index in [2.05, 4.69) is 27.8 Å². The van der Waals surface area contributed by atoms with Gasteiger partial charge >= 0.3 is 5.97 Å². The second-order valence-electron chi connectivity index (χ2n) is 3.57. The van der Waals surface area contributed by atoms with Crippen molar-refractivity contribution in [3.05, 3.63) is 28.0 Å². The second-order valence-corrected chi connectivity index (χ2v) is 6.56. The number of rotatable bonds is 4. The number of hydrogen-bond acceptors (Lipinski definition) is 3. The Morgan fingerprint density at radius 1 is 1.47 bits per heavy atom. The third-order valence-electron chi connectivity index (χ3n) is 2.24. The molecule has 4 nitrogen and oxygen atoms in total. The molecule has 0 saturated heterocycles. The summed E-state index contributed by atoms with van der Waals surface area (Å²) in [7, 11) is -3.91. The van der Waals surface area contributed by atoms with E-state index < -0.39 is 32.1 Å². The molecule has 0 heterocycles. The maximum atomic E-state index is 13.9. The van der Waals surface area contributed by atoms with Crippen molar-refractivity contribution >= 4 is 31.7 Å². The van der Waals surface area contributed by atoms with Crippen molar-refractivity contribution in [1.82, 2.24) is 0 Å². The lowest BCUT2D eigenvalue weighted by molar-refractivity contribution is 0.0691. The minimum atomic E-state index is -3.91. The lowest BCUT2D eigenvalue weighted by Gasteiger charge is -2.07. The van der Waals surface area contributed by atoms with Crippen molar-refractivity contribution in [2.45, 2.75) is 18.2 Å². The molecule has 1 rings (SSSR count). The maximum Gasteiger partial charge on any atom is 0.338 e. The Labute approximate surface area is 118 Å². The van der Waals surface area contributed by atoms with E-state index in [9.17, 15) is 17.6 Å². The zero-order valence-electron chi connectivity index (χ0n) is 9.91. The van der Waals surface area contributed by atoms with Crippen LogP contribution in [-0.2, 0) is 9.84 Å². The molecular weight excluding hydrogens is 339 g/mol. The van der Waals surface area contributed by atoms with Crippen LogP contribution in [0.15, 0.2) is 21.5 Å². The van der Waals surface area contributed by atoms with Crippen LogP contribution < -0.4 is 0 Å². The predicted molar refractivity (Wildman–Crippen MR) is 71.2 cm³/mol. The van der Waals surface area contributed by atoms with E-state index in [1.807, 2.05) is 0 Å². The first-order valence-electron chi connectivity index (χ1n) is 5.14. The highest BCUT2D eigenvalue weighted by Crippen LogP contribution is 2.25. The second kappa shape index (κ2) is 6.17. The zero-order chi connectivity index (χ0) is 14.6. The normalized spacial score (nSPS) is 10.7. The van der Waals surface area contributed by atoms with Gasteiger partial charge in [0.1, 0.15) is 4.90 Å². The third kappa shape index (κ3) is 3.78. The Morgan fingerprint density at radius 2 is 2.11 bits per heavy atom. The lowest BCUT2D eigenvalue weighted by atomic mass is 10.2. The van der Waals surface area contributed by atoms with Crippen molar-refractivity contribution in [3.8, 4) is 11.8 Å². The van der Waals surface area contributed by atoms with E-state index in [-0.39, 0.29) is 16.6 Å². The Balaban J connectivity index is 3.33. The maximum absolute atomic E-state index is 13.9. The Hall–Kier alpha value is -1.39. The fourth-order valence-electron chi connectivity index (χ4n) is 1.37. The summed E-state index contributed by atoms with van der Waals surface area (Å²) in [6.45, 7) is 1.56. The number of benzene rings is 1. The highest BCUT2D eigenvalue weighted by Gasteiger charge is 2.24. The summed E-state index contributed by atoms with van der Waals surface area (Å²) in [6.07, 6.45) is 0.0627. The Kier molecular flexibility index (Phi) is 5.09. The van der Waals surface area contributed by atoms with Gasteiger partial charge in [-0.15, -0.1) is 11.8 Å². The number of halogens is 2. The van der Waals surface area contributed by atoms with E-state index >= 15 is 0 Å². The summed E-state index contributed by atoms with van der Waals surface area (Å²) < 4.78 is 37.9. The average molecular weight is 349 g/mol. The van der Waals surface area contributed by atoms with E-state index in [4.69, 9.17) is 5.11 Å². The fourth-order valence-corrected chi connectivity index (χ4v) is 3.26. The first-order valence-corrected chi connectivity index (χ1v) is 7.59. The van der Waals surface area contributed by atoms with Gasteiger partial charge in [-0.05, 0) is 19.1 Å². The molecule has 0 fully saturated rings. The van der Waals surface area contributed by atoms with Crippen LogP contribution in [0.3, 0.4) is 0 Å². The predicted octanol–water partition coefficient (Wildman–Crippen LogP) is 2.47. The largest absolute Gasteiger partial charge is 0.478 e. The molecule has 0 aliphatic carbocycles. The van der Waals surface area contributed by atoms with Crippen LogP contribution in [-0.4, -0.2) is 25.2 Å². The van der Waals surface area contributed by atoms with Gasteiger partial charge in [0.05, 0.1) is 11.3 Å². The van der Waals surface area contributed by atoms with E-state index in [1.165, 1.54) is 0 Å². The van der Waals surface area contributed by atoms with Gasteiger partial charge in [0.25, 0.3) is 0 Å². The number of hydrogen-bond donors (Lipinski definition) is 1. The van der Waals surface area contributed by atoms with Gasteiger partial charge in [0.15, 0.2) is 15.7 Å². The van der Waals surface area contributed by atoms with Gasteiger partial charge in [-0.3, -0.25) is 0 Å². The van der Waals surface area contributed by atoms with Crippen LogP contribution in [0.4, 0.5) is 4.39 Å². The SMILES string of the molecule is CC#CCCS(=O)(=O)c1cc(Br)cc(C(=O)O)c1F. The van der Waals surface area contributed by atoms with E-state index in [0.717, 1.165) is 12.1 Å². The van der Waals surface area contributed by atoms with Crippen LogP contribution in [0.25, 0.3) is 0 Å². The molecule has 0 saturated carbocycles. The molecule has 1 aromatic rings. The summed E-state index contributed by atoms with van der Waals surface area (Å²) in [6, 6.07) is 2.07. The molecule has 102 valence electrons. The van der Waals surface area contributed by atoms with Crippen molar-refractivity contribution in [2.75, 3.05) is 5.75 Å². The molecular formula is C12H10BrFO4S. The zero-order valence-corrected chi connectivity index (χ0v) is 12.3. The van der Waals surface area contributed by atoms with Crippen LogP contribution in [0.2, 0.25) is 0 Å². The van der Waals surface area contributed by atoms with Gasteiger partial charge in [-0.2, -0.15) is 0 Å². The van der Waals surface area contributed by atoms with Crippen molar-refractivity contribution < 1.29 is 22.7 Å². The Morgan fingerprint density at radius 3 is 2.63 bits per heavy atom. The molecule has 0 radical (unpaired) electrons. The molecule has 0 aliphatic heterocycles. The third-order valence-corrected chi connectivity index (χ3v) is 4.41. The molecule has 19 heavy (non-hydrogen) atoms. The molecule has 0 atom stereocenters. The van der Waals surface area contributed by atoms with Crippen molar-refractivity contribution in [3.63, 3.8) is 0 Å². The van der Waals surface area contributed by atoms with Crippen LogP contribution >= 0.6 is 15.9 Å². The minimum absolute atomic E-state index is 0.0627. The van der Waals surface area contributed by atoms with Gasteiger partial charge in [0, 0.05) is 10.9 Å². The van der Waals surface area contributed by atoms with Crippen molar-refractivity contribution in [1.29, 1.82) is 0 Å². The quantitative estimate of drug-likeness (QED) is 0.848. The van der Waals surface area contributed by atoms with Gasteiger partial charge in [-0.1, -0.05) is 15.9 Å². The van der Waals surface area contributed by atoms with E-state index in [1.54, 1.807) is 6.92 Å². The fraction of sp³-hybridized carbons (Fsp3) is 0.250. The molecule has 0 bridgehead atoms. The molecule has 0 aromatic heterocycles. The molecule has 1 aromatic carbocycles. The highest BCUT2D eigenvalue weighted by atomic mass is 79.9. The lowest BCUT2D eigenvalue weighted by Crippen LogP contribution is -2.12. The molecule has 0 spiro atoms. The van der Waals surface area contributed by atoms with Crippen LogP contribution in [0.5, 0.6) is 0 Å². The standard InChI is InChI=1S/C12H10BrFO4S/c1-2-3-4-5-19(17,18)10-7-8(13)6-9(11(10)14)12(15)16/h6-7H,4-5H2,1H3,(H,15,16). The number of carboxylic acid groups (broad SMARTS) is 1. The van der Waals surface area contributed by atoms with Gasteiger partial charge in [-0.25, -0.2) is 17.6 Å². The number of aromatic carboxylic acids is 1. The molecule has 0 unspecified atom stereocenters. The number of carbonyl (C=O) groups is 1. The van der Waals surface area contributed by atoms with Gasteiger partial charge < -0.3 is 5.11 Å². The summed E-state index contributed by atoms with van der Waals surface area (Å²) in [5.41, 5.74) is -0.686. The summed E-state index contributed by atoms with van der Waals surface area (Å²) in [5, 5.41) is 8.82. The summed E-state index contributed by atoms with van der Waals surface area (Å²) >= 11 is 2.97. The molecule has 0 amide bonds. The van der Waals surface area contributed by atoms with Gasteiger partial charge in [0.2, 0.25) is 0 Å². The minimum Gasteiger partial charge on any atom is -0.478 e. The first-order chi connectivity index (χ1) is 8.79. The van der Waals surface area contributed by atoms with Crippen molar-refractivity contribution in [2.24, 2.45) is 0 Å². The average Bonchev–Trinajstić information content (AvgIpc) is 2.31. The number of sulfone groups is 1. The van der Waals surface area contributed by atoms with E-state index in [0.29, 0.717) is 0 Å². The Bertz CT molecular complexity index is 671. The smallest absolute Gasteiger partial charge is 0.338 e. The topological polar surface area (TPSA) is 71.4 Å². The van der Waals surface area contributed by atoms with Crippen LogP contribution in [0, 0.1) is 17.7 Å². The monoisotopic (exact) mass is 348 g/mol. The number of carboxylic acids is 1. The molecule has 1 N–H and O–H groups in total. The summed E-state index contributed by atoms with van der Waals surface area (Å²) in [5.74, 6) is 1.97. The molecule has 0 aliphatic rings.